The Hall–Kier alpha value is -3.35. The summed E-state index contributed by atoms with van der Waals surface area (Å²) in [5.74, 6) is 0.665. The van der Waals surface area contributed by atoms with E-state index in [1.807, 2.05) is 41.3 Å². The SMILES string of the molecule is CCCn1c2ccccc2c2cnn(CC(=O)N(Cc3ccco3)C3CCCCC3)c(=O)c21. The highest BCUT2D eigenvalue weighted by Gasteiger charge is 2.27. The summed E-state index contributed by atoms with van der Waals surface area (Å²) in [6.45, 7) is 3.19. The van der Waals surface area contributed by atoms with Gasteiger partial charge in [-0.2, -0.15) is 5.10 Å². The molecule has 0 unspecified atom stereocenters. The van der Waals surface area contributed by atoms with Crippen molar-refractivity contribution in [2.75, 3.05) is 0 Å². The topological polar surface area (TPSA) is 73.3 Å². The summed E-state index contributed by atoms with van der Waals surface area (Å²) in [5, 5.41) is 6.27. The monoisotopic (exact) mass is 446 g/mol. The minimum absolute atomic E-state index is 0.0698. The van der Waals surface area contributed by atoms with Crippen molar-refractivity contribution in [3.8, 4) is 0 Å². The van der Waals surface area contributed by atoms with Gasteiger partial charge in [-0.05, 0) is 37.5 Å². The largest absolute Gasteiger partial charge is 0.467 e. The quantitative estimate of drug-likeness (QED) is 0.412. The van der Waals surface area contributed by atoms with Crippen LogP contribution >= 0.6 is 0 Å². The first-order valence-corrected chi connectivity index (χ1v) is 12.0. The third-order valence-electron chi connectivity index (χ3n) is 6.75. The van der Waals surface area contributed by atoms with Gasteiger partial charge in [0.1, 0.15) is 17.8 Å². The maximum Gasteiger partial charge on any atom is 0.291 e. The number of aryl methyl sites for hydroxylation is 1. The van der Waals surface area contributed by atoms with E-state index in [0.29, 0.717) is 12.1 Å². The molecule has 0 atom stereocenters. The van der Waals surface area contributed by atoms with Crippen LogP contribution in [0.5, 0.6) is 0 Å². The Morgan fingerprint density at radius 3 is 2.70 bits per heavy atom. The molecule has 0 bridgehead atoms. The van der Waals surface area contributed by atoms with Crippen LogP contribution in [0, 0.1) is 0 Å². The third kappa shape index (κ3) is 4.08. The molecule has 1 saturated carbocycles. The van der Waals surface area contributed by atoms with Gasteiger partial charge in [0.2, 0.25) is 5.91 Å². The first-order valence-electron chi connectivity index (χ1n) is 12.0. The molecule has 33 heavy (non-hydrogen) atoms. The van der Waals surface area contributed by atoms with E-state index in [4.69, 9.17) is 4.42 Å². The number of aromatic nitrogens is 3. The molecule has 1 aliphatic rings. The zero-order chi connectivity index (χ0) is 22.8. The molecule has 0 N–H and O–H groups in total. The van der Waals surface area contributed by atoms with Crippen molar-refractivity contribution in [1.82, 2.24) is 19.2 Å². The van der Waals surface area contributed by atoms with Crippen LogP contribution in [0.25, 0.3) is 21.8 Å². The predicted molar refractivity (Wildman–Crippen MR) is 128 cm³/mol. The smallest absolute Gasteiger partial charge is 0.291 e. The number of furan rings is 1. The lowest BCUT2D eigenvalue weighted by Gasteiger charge is -2.34. The molecule has 7 heteroatoms. The van der Waals surface area contributed by atoms with Crippen LogP contribution in [0.15, 0.2) is 58.1 Å². The van der Waals surface area contributed by atoms with E-state index in [2.05, 4.69) is 16.6 Å². The van der Waals surface area contributed by atoms with Gasteiger partial charge < -0.3 is 13.9 Å². The zero-order valence-corrected chi connectivity index (χ0v) is 19.1. The third-order valence-corrected chi connectivity index (χ3v) is 6.75. The van der Waals surface area contributed by atoms with E-state index in [-0.39, 0.29) is 24.1 Å². The number of rotatable bonds is 7. The van der Waals surface area contributed by atoms with Crippen molar-refractivity contribution in [3.05, 3.63) is 65.0 Å². The molecular weight excluding hydrogens is 416 g/mol. The summed E-state index contributed by atoms with van der Waals surface area (Å²) >= 11 is 0. The summed E-state index contributed by atoms with van der Waals surface area (Å²) in [6.07, 6.45) is 9.69. The van der Waals surface area contributed by atoms with E-state index in [0.717, 1.165) is 60.7 Å². The molecule has 1 fully saturated rings. The number of carbonyl (C=O) groups excluding carboxylic acids is 1. The molecule has 0 radical (unpaired) electrons. The van der Waals surface area contributed by atoms with E-state index < -0.39 is 0 Å². The van der Waals surface area contributed by atoms with Gasteiger partial charge in [0.15, 0.2) is 0 Å². The molecule has 7 nitrogen and oxygen atoms in total. The summed E-state index contributed by atoms with van der Waals surface area (Å²) in [5.41, 5.74) is 1.43. The molecule has 0 saturated heterocycles. The number of benzene rings is 1. The lowest BCUT2D eigenvalue weighted by atomic mass is 9.94. The first-order chi connectivity index (χ1) is 16.2. The molecule has 3 aromatic heterocycles. The summed E-state index contributed by atoms with van der Waals surface area (Å²) in [7, 11) is 0. The predicted octanol–water partition coefficient (Wildman–Crippen LogP) is 4.72. The second-order valence-electron chi connectivity index (χ2n) is 8.93. The Balaban J connectivity index is 1.51. The fourth-order valence-corrected chi connectivity index (χ4v) is 5.17. The zero-order valence-electron chi connectivity index (χ0n) is 19.1. The number of hydrogen-bond donors (Lipinski definition) is 0. The van der Waals surface area contributed by atoms with Gasteiger partial charge >= 0.3 is 0 Å². The van der Waals surface area contributed by atoms with Crippen molar-refractivity contribution in [3.63, 3.8) is 0 Å². The Bertz CT molecular complexity index is 1310. The van der Waals surface area contributed by atoms with Crippen LogP contribution in [0.1, 0.15) is 51.2 Å². The van der Waals surface area contributed by atoms with Crippen LogP contribution in [0.4, 0.5) is 0 Å². The molecule has 172 valence electrons. The molecule has 0 aliphatic heterocycles. The van der Waals surface area contributed by atoms with Crippen LogP contribution in [-0.2, 0) is 24.4 Å². The number of para-hydroxylation sites is 1. The maximum absolute atomic E-state index is 13.5. The highest BCUT2D eigenvalue weighted by Crippen LogP contribution is 2.27. The van der Waals surface area contributed by atoms with E-state index in [1.165, 1.54) is 11.1 Å². The maximum atomic E-state index is 13.5. The Morgan fingerprint density at radius 1 is 1.12 bits per heavy atom. The molecule has 1 aromatic carbocycles. The Labute approximate surface area is 192 Å². The lowest BCUT2D eigenvalue weighted by molar-refractivity contribution is -0.136. The number of carbonyl (C=O) groups is 1. The van der Waals surface area contributed by atoms with Crippen LogP contribution in [-0.4, -0.2) is 31.2 Å². The Morgan fingerprint density at radius 2 is 1.94 bits per heavy atom. The van der Waals surface area contributed by atoms with Crippen molar-refractivity contribution in [1.29, 1.82) is 0 Å². The van der Waals surface area contributed by atoms with Crippen LogP contribution in [0.3, 0.4) is 0 Å². The first kappa shape index (κ1) is 21.5. The van der Waals surface area contributed by atoms with Crippen LogP contribution in [0.2, 0.25) is 0 Å². The van der Waals surface area contributed by atoms with Crippen molar-refractivity contribution in [2.24, 2.45) is 0 Å². The van der Waals surface area contributed by atoms with Gasteiger partial charge in [0.05, 0.1) is 19.0 Å². The second kappa shape index (κ2) is 9.25. The van der Waals surface area contributed by atoms with E-state index in [1.54, 1.807) is 12.5 Å². The fourth-order valence-electron chi connectivity index (χ4n) is 5.17. The second-order valence-corrected chi connectivity index (χ2v) is 8.93. The highest BCUT2D eigenvalue weighted by molar-refractivity contribution is 6.07. The van der Waals surface area contributed by atoms with E-state index >= 15 is 0 Å². The fraction of sp³-hybridized carbons (Fsp3) is 0.423. The van der Waals surface area contributed by atoms with E-state index in [9.17, 15) is 9.59 Å². The number of hydrogen-bond acceptors (Lipinski definition) is 4. The van der Waals surface area contributed by atoms with Gasteiger partial charge in [-0.1, -0.05) is 44.4 Å². The molecule has 3 heterocycles. The minimum Gasteiger partial charge on any atom is -0.467 e. The molecule has 0 spiro atoms. The normalized spacial score (nSPS) is 14.8. The summed E-state index contributed by atoms with van der Waals surface area (Å²) in [6, 6.07) is 11.9. The van der Waals surface area contributed by atoms with Gasteiger partial charge in [0, 0.05) is 28.9 Å². The van der Waals surface area contributed by atoms with Crippen LogP contribution < -0.4 is 5.56 Å². The van der Waals surface area contributed by atoms with Gasteiger partial charge in [0.25, 0.3) is 5.56 Å². The Kier molecular flexibility index (Phi) is 6.03. The average Bonchev–Trinajstić information content (AvgIpc) is 3.47. The highest BCUT2D eigenvalue weighted by atomic mass is 16.3. The number of nitrogens with zero attached hydrogens (tertiary/aromatic N) is 4. The summed E-state index contributed by atoms with van der Waals surface area (Å²) < 4.78 is 8.93. The summed E-state index contributed by atoms with van der Waals surface area (Å²) in [4.78, 5) is 28.9. The van der Waals surface area contributed by atoms with Crippen molar-refractivity contribution < 1.29 is 9.21 Å². The van der Waals surface area contributed by atoms with Gasteiger partial charge in [-0.3, -0.25) is 9.59 Å². The number of fused-ring (bicyclic) bond motifs is 3. The minimum atomic E-state index is -0.216. The van der Waals surface area contributed by atoms with Gasteiger partial charge in [-0.25, -0.2) is 4.68 Å². The van der Waals surface area contributed by atoms with Gasteiger partial charge in [-0.15, -0.1) is 0 Å². The van der Waals surface area contributed by atoms with Crippen molar-refractivity contribution in [2.45, 2.75) is 71.1 Å². The molecule has 1 aliphatic carbocycles. The standard InChI is InChI=1S/C26H30N4O3/c1-2-14-28-23-13-7-6-12-21(23)22-16-27-30(26(32)25(22)28)18-24(31)29(17-20-11-8-15-33-20)19-9-4-3-5-10-19/h6-8,11-13,15-16,19H,2-5,9-10,14,17-18H2,1H3. The lowest BCUT2D eigenvalue weighted by Crippen LogP contribution is -2.44. The number of amides is 1. The molecule has 4 aromatic rings. The molecule has 5 rings (SSSR count). The average molecular weight is 447 g/mol. The molecule has 1 amide bonds. The molecular formula is C26H30N4O3. The van der Waals surface area contributed by atoms with Crippen molar-refractivity contribution >= 4 is 27.7 Å².